The first-order valence-electron chi connectivity index (χ1n) is 5.83. The monoisotopic (exact) mass is 241 g/mol. The molecule has 3 heteroatoms. The van der Waals surface area contributed by atoms with Crippen molar-refractivity contribution < 1.29 is 9.90 Å². The quantitative estimate of drug-likeness (QED) is 0.865. The molecule has 3 nitrogen and oxygen atoms in total. The van der Waals surface area contributed by atoms with Gasteiger partial charge in [-0.3, -0.25) is 9.79 Å². The fourth-order valence-electron chi connectivity index (χ4n) is 1.78. The average Bonchev–Trinajstić information content (AvgIpc) is 2.37. The van der Waals surface area contributed by atoms with E-state index in [1.165, 1.54) is 0 Å². The standard InChI is InChI=1S/C15H15NO2/c1-10-9-16-14(11(2)15(10)18)8-5-12-3-6-13(17)7-4-12/h3-9,11,17H,1-2H3. The minimum atomic E-state index is -0.191. The topological polar surface area (TPSA) is 49.7 Å². The number of phenolic OH excluding ortho intramolecular Hbond substituents is 1. The van der Waals surface area contributed by atoms with Gasteiger partial charge in [0.25, 0.3) is 0 Å². The Morgan fingerprint density at radius 2 is 1.89 bits per heavy atom. The van der Waals surface area contributed by atoms with E-state index in [2.05, 4.69) is 4.99 Å². The van der Waals surface area contributed by atoms with Crippen LogP contribution in [0.5, 0.6) is 5.75 Å². The van der Waals surface area contributed by atoms with Gasteiger partial charge in [-0.1, -0.05) is 18.2 Å². The number of ketones is 1. The summed E-state index contributed by atoms with van der Waals surface area (Å²) in [5.74, 6) is 0.169. The summed E-state index contributed by atoms with van der Waals surface area (Å²) in [6.45, 7) is 3.64. The van der Waals surface area contributed by atoms with Crippen LogP contribution in [0.3, 0.4) is 0 Å². The van der Waals surface area contributed by atoms with Gasteiger partial charge in [-0.2, -0.15) is 0 Å². The molecule has 2 rings (SSSR count). The second-order valence-electron chi connectivity index (χ2n) is 4.38. The van der Waals surface area contributed by atoms with E-state index in [9.17, 15) is 9.90 Å². The zero-order chi connectivity index (χ0) is 13.1. The molecule has 0 saturated heterocycles. The maximum absolute atomic E-state index is 11.8. The molecule has 1 aliphatic heterocycles. The summed E-state index contributed by atoms with van der Waals surface area (Å²) >= 11 is 0. The molecule has 1 atom stereocenters. The number of phenols is 1. The van der Waals surface area contributed by atoms with E-state index in [0.717, 1.165) is 11.3 Å². The molecule has 0 aliphatic carbocycles. The molecule has 92 valence electrons. The summed E-state index contributed by atoms with van der Waals surface area (Å²) < 4.78 is 0. The molecule has 0 aromatic heterocycles. The number of carbonyl (C=O) groups is 1. The second kappa shape index (κ2) is 5.00. The molecule has 1 N–H and O–H groups in total. The van der Waals surface area contributed by atoms with Crippen LogP contribution in [0.2, 0.25) is 0 Å². The third kappa shape index (κ3) is 2.56. The first kappa shape index (κ1) is 12.3. The van der Waals surface area contributed by atoms with Crippen molar-refractivity contribution in [1.29, 1.82) is 0 Å². The van der Waals surface area contributed by atoms with Crippen molar-refractivity contribution in [3.8, 4) is 5.75 Å². The van der Waals surface area contributed by atoms with Crippen LogP contribution in [0.1, 0.15) is 19.4 Å². The maximum atomic E-state index is 11.8. The van der Waals surface area contributed by atoms with Gasteiger partial charge >= 0.3 is 0 Å². The Morgan fingerprint density at radius 3 is 2.56 bits per heavy atom. The molecule has 0 radical (unpaired) electrons. The van der Waals surface area contributed by atoms with Crippen LogP contribution in [0.15, 0.2) is 47.1 Å². The van der Waals surface area contributed by atoms with Crippen molar-refractivity contribution in [2.45, 2.75) is 13.8 Å². The number of aromatic hydroxyl groups is 1. The summed E-state index contributed by atoms with van der Waals surface area (Å²) in [5, 5.41) is 9.18. The number of hydrogen-bond acceptors (Lipinski definition) is 3. The van der Waals surface area contributed by atoms with E-state index in [-0.39, 0.29) is 17.5 Å². The number of hydrogen-bond donors (Lipinski definition) is 1. The fourth-order valence-corrected chi connectivity index (χ4v) is 1.78. The van der Waals surface area contributed by atoms with E-state index in [4.69, 9.17) is 0 Å². The van der Waals surface area contributed by atoms with Gasteiger partial charge in [0.1, 0.15) is 5.75 Å². The number of aliphatic imine (C=N–C) groups is 1. The lowest BCUT2D eigenvalue weighted by Crippen LogP contribution is -2.23. The van der Waals surface area contributed by atoms with Gasteiger partial charge in [0.05, 0.1) is 11.6 Å². The SMILES string of the molecule is CC1=CN=C(C=Cc2ccc(O)cc2)C(C)C1=O. The second-order valence-corrected chi connectivity index (χ2v) is 4.38. The van der Waals surface area contributed by atoms with Crippen LogP contribution < -0.4 is 0 Å². The highest BCUT2D eigenvalue weighted by Crippen LogP contribution is 2.17. The largest absolute Gasteiger partial charge is 0.508 e. The van der Waals surface area contributed by atoms with Crippen LogP contribution >= 0.6 is 0 Å². The molecule has 0 spiro atoms. The first-order valence-corrected chi connectivity index (χ1v) is 5.83. The van der Waals surface area contributed by atoms with Gasteiger partial charge in [0.15, 0.2) is 5.78 Å². The molecule has 0 amide bonds. The molecule has 0 bridgehead atoms. The third-order valence-electron chi connectivity index (χ3n) is 2.97. The zero-order valence-corrected chi connectivity index (χ0v) is 10.4. The summed E-state index contributed by atoms with van der Waals surface area (Å²) in [5.41, 5.74) is 2.42. The lowest BCUT2D eigenvalue weighted by atomic mass is 9.93. The normalized spacial score (nSPS) is 19.9. The highest BCUT2D eigenvalue weighted by atomic mass is 16.3. The Bertz CT molecular complexity index is 550. The number of nitrogens with zero attached hydrogens (tertiary/aromatic N) is 1. The molecule has 18 heavy (non-hydrogen) atoms. The molecule has 1 heterocycles. The van der Waals surface area contributed by atoms with Crippen molar-refractivity contribution in [3.05, 3.63) is 47.7 Å². The number of carbonyl (C=O) groups excluding carboxylic acids is 1. The molecular formula is C15H15NO2. The van der Waals surface area contributed by atoms with E-state index in [0.29, 0.717) is 5.57 Å². The van der Waals surface area contributed by atoms with Gasteiger partial charge in [-0.25, -0.2) is 0 Å². The van der Waals surface area contributed by atoms with Crippen molar-refractivity contribution in [2.24, 2.45) is 10.9 Å². The summed E-state index contributed by atoms with van der Waals surface area (Å²) in [6.07, 6.45) is 5.34. The number of rotatable bonds is 2. The molecular weight excluding hydrogens is 226 g/mol. The zero-order valence-electron chi connectivity index (χ0n) is 10.4. The molecule has 0 saturated carbocycles. The van der Waals surface area contributed by atoms with Gasteiger partial charge < -0.3 is 5.11 Å². The predicted molar refractivity (Wildman–Crippen MR) is 72.5 cm³/mol. The minimum absolute atomic E-state index is 0.121. The summed E-state index contributed by atoms with van der Waals surface area (Å²) in [7, 11) is 0. The van der Waals surface area contributed by atoms with Crippen molar-refractivity contribution in [3.63, 3.8) is 0 Å². The maximum Gasteiger partial charge on any atom is 0.168 e. The molecule has 1 aliphatic rings. The first-order chi connectivity index (χ1) is 8.58. The molecule has 0 fully saturated rings. The van der Waals surface area contributed by atoms with Crippen LogP contribution in [-0.4, -0.2) is 16.6 Å². The highest BCUT2D eigenvalue weighted by Gasteiger charge is 2.21. The van der Waals surface area contributed by atoms with Gasteiger partial charge in [0, 0.05) is 11.8 Å². The van der Waals surface area contributed by atoms with Crippen LogP contribution in [0.4, 0.5) is 0 Å². The van der Waals surface area contributed by atoms with E-state index in [1.54, 1.807) is 25.3 Å². The summed E-state index contributed by atoms with van der Waals surface area (Å²) in [4.78, 5) is 16.0. The van der Waals surface area contributed by atoms with Gasteiger partial charge in [-0.15, -0.1) is 0 Å². The van der Waals surface area contributed by atoms with Crippen molar-refractivity contribution >= 4 is 17.6 Å². The lowest BCUT2D eigenvalue weighted by molar-refractivity contribution is -0.117. The predicted octanol–water partition coefficient (Wildman–Crippen LogP) is 2.97. The average molecular weight is 241 g/mol. The van der Waals surface area contributed by atoms with Gasteiger partial charge in [-0.05, 0) is 37.6 Å². The van der Waals surface area contributed by atoms with Crippen LogP contribution in [0, 0.1) is 5.92 Å². The number of benzene rings is 1. The highest BCUT2D eigenvalue weighted by molar-refractivity contribution is 6.18. The van der Waals surface area contributed by atoms with Crippen molar-refractivity contribution in [2.75, 3.05) is 0 Å². The molecule has 1 unspecified atom stereocenters. The Balaban J connectivity index is 2.19. The Labute approximate surface area is 106 Å². The van der Waals surface area contributed by atoms with Crippen LogP contribution in [0.25, 0.3) is 6.08 Å². The number of Topliss-reactive ketones (excluding diaryl/α,β-unsaturated/α-hetero) is 1. The van der Waals surface area contributed by atoms with Crippen LogP contribution in [-0.2, 0) is 4.79 Å². The van der Waals surface area contributed by atoms with Gasteiger partial charge in [0.2, 0.25) is 0 Å². The smallest absolute Gasteiger partial charge is 0.168 e. The Morgan fingerprint density at radius 1 is 1.22 bits per heavy atom. The Kier molecular flexibility index (Phi) is 3.42. The lowest BCUT2D eigenvalue weighted by Gasteiger charge is -2.14. The molecule has 1 aromatic carbocycles. The summed E-state index contributed by atoms with van der Waals surface area (Å²) in [6, 6.07) is 6.87. The Hall–Kier alpha value is -2.16. The fraction of sp³-hybridized carbons (Fsp3) is 0.200. The molecule has 1 aromatic rings. The van der Waals surface area contributed by atoms with Crippen molar-refractivity contribution in [1.82, 2.24) is 0 Å². The van der Waals surface area contributed by atoms with E-state index < -0.39 is 0 Å². The minimum Gasteiger partial charge on any atom is -0.508 e. The van der Waals surface area contributed by atoms with E-state index in [1.807, 2.05) is 31.2 Å². The van der Waals surface area contributed by atoms with E-state index >= 15 is 0 Å². The third-order valence-corrected chi connectivity index (χ3v) is 2.97. The number of allylic oxidation sites excluding steroid dienone is 2.